The minimum Gasteiger partial charge on any atom is -0.382 e. The predicted octanol–water partition coefficient (Wildman–Crippen LogP) is 3.16. The molecule has 2 fully saturated rings. The molecule has 0 aliphatic heterocycles. The first-order chi connectivity index (χ1) is 7.86. The molecule has 1 aromatic rings. The van der Waals surface area contributed by atoms with Gasteiger partial charge in [-0.25, -0.2) is 0 Å². The summed E-state index contributed by atoms with van der Waals surface area (Å²) in [6.45, 7) is 0. The highest BCUT2D eigenvalue weighted by Crippen LogP contribution is 2.45. The maximum atomic E-state index is 8.74. The van der Waals surface area contributed by atoms with E-state index >= 15 is 0 Å². The molecule has 2 heteroatoms. The van der Waals surface area contributed by atoms with E-state index < -0.39 is 0 Å². The van der Waals surface area contributed by atoms with Crippen LogP contribution in [0.1, 0.15) is 31.2 Å². The van der Waals surface area contributed by atoms with Crippen LogP contribution in [0.2, 0.25) is 0 Å². The molecule has 2 aliphatic carbocycles. The molecule has 0 saturated heterocycles. The Morgan fingerprint density at radius 2 is 1.62 bits per heavy atom. The lowest BCUT2D eigenvalue weighted by Gasteiger charge is -2.18. The van der Waals surface area contributed by atoms with Crippen molar-refractivity contribution in [3.8, 4) is 6.07 Å². The minimum absolute atomic E-state index is 0.688. The fourth-order valence-electron chi connectivity index (χ4n) is 2.36. The Bertz CT molecular complexity index is 395. The smallest absolute Gasteiger partial charge is 0.0991 e. The van der Waals surface area contributed by atoms with Crippen molar-refractivity contribution >= 4 is 5.69 Å². The molecule has 0 bridgehead atoms. The van der Waals surface area contributed by atoms with Crippen molar-refractivity contribution in [2.75, 3.05) is 5.32 Å². The molecule has 0 spiro atoms. The summed E-state index contributed by atoms with van der Waals surface area (Å²) in [7, 11) is 0. The standard InChI is InChI=1S/C14H16N2/c15-9-10-1-7-13(8-2-10)16-14(11-3-4-11)12-5-6-12/h1-2,7-8,11-12,14,16H,3-6H2. The van der Waals surface area contributed by atoms with Gasteiger partial charge in [-0.2, -0.15) is 5.26 Å². The van der Waals surface area contributed by atoms with Crippen LogP contribution in [0.5, 0.6) is 0 Å². The van der Waals surface area contributed by atoms with Gasteiger partial charge >= 0.3 is 0 Å². The molecule has 0 heterocycles. The van der Waals surface area contributed by atoms with Crippen molar-refractivity contribution in [3.63, 3.8) is 0 Å². The number of hydrogen-bond acceptors (Lipinski definition) is 2. The van der Waals surface area contributed by atoms with Gasteiger partial charge in [0, 0.05) is 11.7 Å². The number of hydrogen-bond donors (Lipinski definition) is 1. The summed E-state index contributed by atoms with van der Waals surface area (Å²) in [5.74, 6) is 1.81. The highest BCUT2D eigenvalue weighted by Gasteiger charge is 2.41. The summed E-state index contributed by atoms with van der Waals surface area (Å²) < 4.78 is 0. The van der Waals surface area contributed by atoms with Crippen molar-refractivity contribution < 1.29 is 0 Å². The van der Waals surface area contributed by atoms with Crippen LogP contribution in [0.25, 0.3) is 0 Å². The molecule has 16 heavy (non-hydrogen) atoms. The van der Waals surface area contributed by atoms with E-state index in [1.54, 1.807) is 0 Å². The first-order valence-electron chi connectivity index (χ1n) is 6.13. The third-order valence-corrected chi connectivity index (χ3v) is 3.61. The van der Waals surface area contributed by atoms with E-state index in [-0.39, 0.29) is 0 Å². The lowest BCUT2D eigenvalue weighted by Crippen LogP contribution is -2.24. The lowest BCUT2D eigenvalue weighted by atomic mass is 10.1. The van der Waals surface area contributed by atoms with Gasteiger partial charge in [-0.05, 0) is 61.8 Å². The van der Waals surface area contributed by atoms with Gasteiger partial charge in [0.2, 0.25) is 0 Å². The molecule has 2 nitrogen and oxygen atoms in total. The Morgan fingerprint density at radius 1 is 1.06 bits per heavy atom. The molecule has 0 unspecified atom stereocenters. The second kappa shape index (κ2) is 3.83. The number of nitrogens with one attached hydrogen (secondary N) is 1. The zero-order valence-corrected chi connectivity index (χ0v) is 9.32. The van der Waals surface area contributed by atoms with Gasteiger partial charge in [0.15, 0.2) is 0 Å². The molecule has 0 aromatic heterocycles. The van der Waals surface area contributed by atoms with E-state index in [2.05, 4.69) is 11.4 Å². The zero-order chi connectivity index (χ0) is 11.0. The third kappa shape index (κ3) is 2.04. The summed E-state index contributed by atoms with van der Waals surface area (Å²) in [5.41, 5.74) is 1.91. The number of benzene rings is 1. The van der Waals surface area contributed by atoms with Crippen molar-refractivity contribution in [1.29, 1.82) is 5.26 Å². The van der Waals surface area contributed by atoms with Crippen molar-refractivity contribution in [1.82, 2.24) is 0 Å². The number of nitriles is 1. The van der Waals surface area contributed by atoms with Crippen LogP contribution in [0, 0.1) is 23.2 Å². The normalized spacial score (nSPS) is 19.5. The van der Waals surface area contributed by atoms with Gasteiger partial charge in [-0.15, -0.1) is 0 Å². The SMILES string of the molecule is N#Cc1ccc(NC(C2CC2)C2CC2)cc1. The lowest BCUT2D eigenvalue weighted by molar-refractivity contribution is 0.568. The topological polar surface area (TPSA) is 35.8 Å². The summed E-state index contributed by atoms with van der Waals surface area (Å²) in [6.07, 6.45) is 5.57. The first kappa shape index (κ1) is 9.72. The Kier molecular flexibility index (Phi) is 2.32. The fourth-order valence-corrected chi connectivity index (χ4v) is 2.36. The number of anilines is 1. The molecule has 0 atom stereocenters. The maximum absolute atomic E-state index is 8.74. The van der Waals surface area contributed by atoms with Gasteiger partial charge in [0.05, 0.1) is 11.6 Å². The molecule has 2 aliphatic rings. The van der Waals surface area contributed by atoms with Crippen LogP contribution in [-0.4, -0.2) is 6.04 Å². The Hall–Kier alpha value is -1.49. The van der Waals surface area contributed by atoms with Gasteiger partial charge in [0.1, 0.15) is 0 Å². The van der Waals surface area contributed by atoms with Crippen molar-refractivity contribution in [3.05, 3.63) is 29.8 Å². The van der Waals surface area contributed by atoms with Crippen LogP contribution < -0.4 is 5.32 Å². The first-order valence-corrected chi connectivity index (χ1v) is 6.13. The van der Waals surface area contributed by atoms with Gasteiger partial charge < -0.3 is 5.32 Å². The second-order valence-electron chi connectivity index (χ2n) is 5.03. The van der Waals surface area contributed by atoms with Crippen LogP contribution >= 0.6 is 0 Å². The number of rotatable bonds is 4. The maximum Gasteiger partial charge on any atom is 0.0991 e. The van der Waals surface area contributed by atoms with Gasteiger partial charge in [-0.3, -0.25) is 0 Å². The van der Waals surface area contributed by atoms with Gasteiger partial charge in [-0.1, -0.05) is 0 Å². The molecule has 82 valence electrons. The average Bonchev–Trinajstić information content (AvgIpc) is 3.19. The number of nitrogens with zero attached hydrogens (tertiary/aromatic N) is 1. The van der Waals surface area contributed by atoms with Crippen LogP contribution in [-0.2, 0) is 0 Å². The second-order valence-corrected chi connectivity index (χ2v) is 5.03. The average molecular weight is 212 g/mol. The molecular weight excluding hydrogens is 196 g/mol. The Labute approximate surface area is 96.3 Å². The van der Waals surface area contributed by atoms with Crippen LogP contribution in [0.3, 0.4) is 0 Å². The predicted molar refractivity (Wildman–Crippen MR) is 64.0 cm³/mol. The van der Waals surface area contributed by atoms with Crippen molar-refractivity contribution in [2.45, 2.75) is 31.7 Å². The summed E-state index contributed by atoms with van der Waals surface area (Å²) in [6, 6.07) is 10.7. The molecule has 1 N–H and O–H groups in total. The van der Waals surface area contributed by atoms with E-state index in [1.165, 1.54) is 31.4 Å². The molecule has 2 saturated carbocycles. The summed E-state index contributed by atoms with van der Waals surface area (Å²) >= 11 is 0. The monoisotopic (exact) mass is 212 g/mol. The van der Waals surface area contributed by atoms with E-state index in [9.17, 15) is 0 Å². The Morgan fingerprint density at radius 3 is 2.06 bits per heavy atom. The minimum atomic E-state index is 0.688. The van der Waals surface area contributed by atoms with Gasteiger partial charge in [0.25, 0.3) is 0 Å². The highest BCUT2D eigenvalue weighted by molar-refractivity contribution is 5.48. The van der Waals surface area contributed by atoms with E-state index in [0.29, 0.717) is 6.04 Å². The van der Waals surface area contributed by atoms with Crippen molar-refractivity contribution in [2.24, 2.45) is 11.8 Å². The zero-order valence-electron chi connectivity index (χ0n) is 9.32. The molecule has 0 amide bonds. The fraction of sp³-hybridized carbons (Fsp3) is 0.500. The Balaban J connectivity index is 1.69. The van der Waals surface area contributed by atoms with Crippen LogP contribution in [0.4, 0.5) is 5.69 Å². The quantitative estimate of drug-likeness (QED) is 0.832. The van der Waals surface area contributed by atoms with E-state index in [4.69, 9.17) is 5.26 Å². The summed E-state index contributed by atoms with van der Waals surface area (Å²) in [4.78, 5) is 0. The summed E-state index contributed by atoms with van der Waals surface area (Å²) in [5, 5.41) is 12.4. The molecule has 1 aromatic carbocycles. The third-order valence-electron chi connectivity index (χ3n) is 3.61. The van der Waals surface area contributed by atoms with Crippen LogP contribution in [0.15, 0.2) is 24.3 Å². The largest absolute Gasteiger partial charge is 0.382 e. The molecular formula is C14H16N2. The van der Waals surface area contributed by atoms with E-state index in [1.807, 2.05) is 24.3 Å². The highest BCUT2D eigenvalue weighted by atomic mass is 15.0. The molecule has 0 radical (unpaired) electrons. The van der Waals surface area contributed by atoms with E-state index in [0.717, 1.165) is 17.4 Å². The molecule has 3 rings (SSSR count).